The molecule has 0 nitrogen and oxygen atoms in total. The fourth-order valence-corrected chi connectivity index (χ4v) is 14.0. The van der Waals surface area contributed by atoms with Gasteiger partial charge < -0.3 is 0 Å². The van der Waals surface area contributed by atoms with Crippen molar-refractivity contribution in [1.29, 1.82) is 0 Å². The Hall–Kier alpha value is -0.620. The minimum absolute atomic E-state index is 0.0360. The van der Waals surface area contributed by atoms with Crippen molar-refractivity contribution < 1.29 is 0 Å². The molecule has 0 aliphatic rings. The second-order valence-corrected chi connectivity index (χ2v) is 16.5. The fraction of sp³-hybridized carbons (Fsp3) is 0.400. The molecule has 0 N–H and O–H groups in total. The molecule has 0 aliphatic carbocycles. The van der Waals surface area contributed by atoms with E-state index in [4.69, 9.17) is 0 Å². The summed E-state index contributed by atoms with van der Waals surface area (Å²) in [6.07, 6.45) is 8.27. The summed E-state index contributed by atoms with van der Waals surface area (Å²) >= 11 is 0. The molecule has 0 radical (unpaired) electrons. The SMILES string of the molecule is CCC(CP(CC(CC)Pc1ccccc1)CC(CC)Pc1ccccc1)Pc1ccccc1. The van der Waals surface area contributed by atoms with Crippen molar-refractivity contribution in [3.05, 3.63) is 91.0 Å². The average molecular weight is 527 g/mol. The van der Waals surface area contributed by atoms with Crippen LogP contribution in [-0.4, -0.2) is 35.5 Å². The molecule has 0 saturated heterocycles. The van der Waals surface area contributed by atoms with Gasteiger partial charge in [0.2, 0.25) is 0 Å². The Kier molecular flexibility index (Phi) is 13.3. The lowest BCUT2D eigenvalue weighted by molar-refractivity contribution is 0.865. The van der Waals surface area contributed by atoms with Gasteiger partial charge in [-0.25, -0.2) is 0 Å². The first-order chi connectivity index (χ1) is 16.7. The van der Waals surface area contributed by atoms with Gasteiger partial charge in [0.25, 0.3) is 0 Å². The molecule has 0 spiro atoms. The summed E-state index contributed by atoms with van der Waals surface area (Å²) in [6, 6.07) is 33.7. The maximum atomic E-state index is 2.42. The molecule has 0 heterocycles. The molecule has 0 aliphatic heterocycles. The predicted molar refractivity (Wildman–Crippen MR) is 167 cm³/mol. The van der Waals surface area contributed by atoms with Crippen molar-refractivity contribution in [2.75, 3.05) is 18.5 Å². The van der Waals surface area contributed by atoms with E-state index in [1.165, 1.54) is 37.7 Å². The van der Waals surface area contributed by atoms with Crippen molar-refractivity contribution in [1.82, 2.24) is 0 Å². The average Bonchev–Trinajstić information content (AvgIpc) is 2.89. The van der Waals surface area contributed by atoms with E-state index < -0.39 is 0 Å². The molecule has 0 aromatic heterocycles. The molecule has 0 amide bonds. The van der Waals surface area contributed by atoms with E-state index in [-0.39, 0.29) is 7.92 Å². The lowest BCUT2D eigenvalue weighted by atomic mass is 10.3. The van der Waals surface area contributed by atoms with Crippen molar-refractivity contribution >= 4 is 49.6 Å². The largest absolute Gasteiger partial charge is 0.105 e. The summed E-state index contributed by atoms with van der Waals surface area (Å²) < 4.78 is 0. The molecular weight excluding hydrogens is 484 g/mol. The third kappa shape index (κ3) is 10.2. The standard InChI is InChI=1S/C30H42P4/c1-4-25(31-28-16-10-7-11-17-28)22-34(23-26(5-2)32-29-18-12-8-13-19-29)24-27(6-3)33-30-20-14-9-15-21-30/h7-21,25-27,31-33H,4-6,22-24H2,1-3H3. The summed E-state index contributed by atoms with van der Waals surface area (Å²) in [5.41, 5.74) is 2.51. The van der Waals surface area contributed by atoms with Crippen LogP contribution in [0.4, 0.5) is 0 Å². The van der Waals surface area contributed by atoms with Crippen LogP contribution >= 0.6 is 33.7 Å². The molecule has 6 atom stereocenters. The van der Waals surface area contributed by atoms with Crippen LogP contribution in [0, 0.1) is 0 Å². The lowest BCUT2D eigenvalue weighted by Crippen LogP contribution is -2.20. The summed E-state index contributed by atoms with van der Waals surface area (Å²) in [5.74, 6) is 0. The Morgan fingerprint density at radius 3 is 0.971 bits per heavy atom. The monoisotopic (exact) mass is 526 g/mol. The predicted octanol–water partition coefficient (Wildman–Crippen LogP) is 7.82. The van der Waals surface area contributed by atoms with E-state index in [2.05, 4.69) is 112 Å². The zero-order valence-electron chi connectivity index (χ0n) is 21.1. The van der Waals surface area contributed by atoms with E-state index in [1.807, 2.05) is 0 Å². The minimum atomic E-state index is 0.0360. The summed E-state index contributed by atoms with van der Waals surface area (Å²) in [7, 11) is 2.89. The van der Waals surface area contributed by atoms with Crippen LogP contribution in [0.5, 0.6) is 0 Å². The van der Waals surface area contributed by atoms with Gasteiger partial charge in [0, 0.05) is 0 Å². The maximum Gasteiger partial charge on any atom is -0.0160 e. The van der Waals surface area contributed by atoms with Crippen LogP contribution in [0.25, 0.3) is 0 Å². The highest BCUT2D eigenvalue weighted by Crippen LogP contribution is 2.47. The third-order valence-corrected chi connectivity index (χ3v) is 15.3. The molecule has 34 heavy (non-hydrogen) atoms. The Morgan fingerprint density at radius 1 is 0.471 bits per heavy atom. The van der Waals surface area contributed by atoms with E-state index in [9.17, 15) is 0 Å². The zero-order valence-corrected chi connectivity index (χ0v) is 25.0. The van der Waals surface area contributed by atoms with Crippen molar-refractivity contribution in [2.24, 2.45) is 0 Å². The normalized spacial score (nSPS) is 16.0. The Morgan fingerprint density at radius 2 is 0.735 bits per heavy atom. The summed E-state index contributed by atoms with van der Waals surface area (Å²) in [6.45, 7) is 7.25. The number of hydrogen-bond donors (Lipinski definition) is 0. The van der Waals surface area contributed by atoms with Crippen LogP contribution in [0.2, 0.25) is 0 Å². The van der Waals surface area contributed by atoms with E-state index in [0.717, 1.165) is 42.7 Å². The molecule has 3 rings (SSSR count). The van der Waals surface area contributed by atoms with Gasteiger partial charge in [-0.15, -0.1) is 7.92 Å². The van der Waals surface area contributed by atoms with Gasteiger partial charge in [-0.2, -0.15) is 0 Å². The van der Waals surface area contributed by atoms with Crippen LogP contribution in [0.3, 0.4) is 0 Å². The molecule has 3 aromatic rings. The summed E-state index contributed by atoms with van der Waals surface area (Å²) in [4.78, 5) is 0. The molecule has 6 unspecified atom stereocenters. The van der Waals surface area contributed by atoms with E-state index in [0.29, 0.717) is 0 Å². The summed E-state index contributed by atoms with van der Waals surface area (Å²) in [5, 5.41) is 4.63. The van der Waals surface area contributed by atoms with Gasteiger partial charge in [0.15, 0.2) is 0 Å². The highest BCUT2D eigenvalue weighted by Gasteiger charge is 2.23. The van der Waals surface area contributed by atoms with Crippen molar-refractivity contribution in [3.8, 4) is 0 Å². The van der Waals surface area contributed by atoms with Crippen molar-refractivity contribution in [3.63, 3.8) is 0 Å². The van der Waals surface area contributed by atoms with Crippen LogP contribution < -0.4 is 15.9 Å². The quantitative estimate of drug-likeness (QED) is 0.177. The van der Waals surface area contributed by atoms with Gasteiger partial charge in [0.05, 0.1) is 0 Å². The molecule has 0 fully saturated rings. The second-order valence-electron chi connectivity index (χ2n) is 9.07. The zero-order chi connectivity index (χ0) is 24.0. The first-order valence-corrected chi connectivity index (χ1v) is 18.0. The van der Waals surface area contributed by atoms with Gasteiger partial charge in [-0.05, 0) is 70.6 Å². The highest BCUT2D eigenvalue weighted by molar-refractivity contribution is 7.61. The Balaban J connectivity index is 1.71. The number of hydrogen-bond acceptors (Lipinski definition) is 0. The van der Waals surface area contributed by atoms with Gasteiger partial charge in [0.1, 0.15) is 0 Å². The smallest absolute Gasteiger partial charge is 0.0160 e. The van der Waals surface area contributed by atoms with Crippen molar-refractivity contribution in [2.45, 2.75) is 57.0 Å². The maximum absolute atomic E-state index is 2.42. The molecular formula is C30H42P4. The van der Waals surface area contributed by atoms with E-state index >= 15 is 0 Å². The van der Waals surface area contributed by atoms with E-state index in [1.54, 1.807) is 15.9 Å². The molecule has 0 bridgehead atoms. The fourth-order valence-electron chi connectivity index (χ4n) is 4.30. The first kappa shape index (κ1) is 28.0. The Labute approximate surface area is 215 Å². The molecule has 182 valence electrons. The highest BCUT2D eigenvalue weighted by atomic mass is 31.1. The molecule has 3 aromatic carbocycles. The molecule has 4 heteroatoms. The third-order valence-electron chi connectivity index (χ3n) is 6.35. The van der Waals surface area contributed by atoms with Crippen LogP contribution in [0.1, 0.15) is 40.0 Å². The number of rotatable bonds is 15. The van der Waals surface area contributed by atoms with Gasteiger partial charge >= 0.3 is 0 Å². The van der Waals surface area contributed by atoms with Crippen LogP contribution in [-0.2, 0) is 0 Å². The van der Waals surface area contributed by atoms with Gasteiger partial charge in [-0.3, -0.25) is 0 Å². The van der Waals surface area contributed by atoms with Crippen LogP contribution in [0.15, 0.2) is 91.0 Å². The number of benzene rings is 3. The minimum Gasteiger partial charge on any atom is -0.105 e. The topological polar surface area (TPSA) is 0 Å². The van der Waals surface area contributed by atoms with Gasteiger partial charge in [-0.1, -0.05) is 138 Å². The Bertz CT molecular complexity index is 778. The first-order valence-electron chi connectivity index (χ1n) is 12.9. The second kappa shape index (κ2) is 16.2. The lowest BCUT2D eigenvalue weighted by Gasteiger charge is -2.30. The molecule has 0 saturated carbocycles.